The van der Waals surface area contributed by atoms with E-state index in [2.05, 4.69) is 12.2 Å². The molecule has 0 aromatic heterocycles. The summed E-state index contributed by atoms with van der Waals surface area (Å²) in [5.41, 5.74) is 1.58. The fourth-order valence-electron chi connectivity index (χ4n) is 4.02. The molecule has 1 N–H and O–H groups in total. The number of rotatable bonds is 6. The lowest BCUT2D eigenvalue weighted by atomic mass is 9.98. The first-order valence-electron chi connectivity index (χ1n) is 11.1. The predicted molar refractivity (Wildman–Crippen MR) is 120 cm³/mol. The molecule has 2 aliphatic heterocycles. The van der Waals surface area contributed by atoms with Gasteiger partial charge in [0.25, 0.3) is 11.8 Å². The van der Waals surface area contributed by atoms with Crippen molar-refractivity contribution in [3.8, 4) is 5.75 Å². The molecule has 2 aromatic rings. The number of para-hydroxylation sites is 1. The Kier molecular flexibility index (Phi) is 6.87. The van der Waals surface area contributed by atoms with E-state index in [-0.39, 0.29) is 17.9 Å². The normalized spacial score (nSPS) is 19.3. The Morgan fingerprint density at radius 1 is 1.06 bits per heavy atom. The third kappa shape index (κ3) is 5.44. The summed E-state index contributed by atoms with van der Waals surface area (Å²) in [7, 11) is 0. The molecule has 1 unspecified atom stereocenters. The summed E-state index contributed by atoms with van der Waals surface area (Å²) in [6.45, 7) is 5.06. The van der Waals surface area contributed by atoms with Gasteiger partial charge in [-0.05, 0) is 68.0 Å². The molecule has 0 aliphatic carbocycles. The zero-order valence-electron chi connectivity index (χ0n) is 18.0. The summed E-state index contributed by atoms with van der Waals surface area (Å²) in [4.78, 5) is 27.7. The molecule has 164 valence electrons. The van der Waals surface area contributed by atoms with E-state index >= 15 is 0 Å². The summed E-state index contributed by atoms with van der Waals surface area (Å²) in [6.07, 6.45) is 4.28. The summed E-state index contributed by atoms with van der Waals surface area (Å²) >= 11 is 0. The van der Waals surface area contributed by atoms with E-state index in [1.54, 1.807) is 36.4 Å². The molecule has 0 radical (unpaired) electrons. The Bertz CT molecular complexity index is 898. The van der Waals surface area contributed by atoms with Crippen LogP contribution in [0.15, 0.2) is 48.5 Å². The van der Waals surface area contributed by atoms with Crippen LogP contribution in [0.4, 0.5) is 5.69 Å². The van der Waals surface area contributed by atoms with Gasteiger partial charge in [0.1, 0.15) is 12.4 Å². The molecule has 0 bridgehead atoms. The highest BCUT2D eigenvalue weighted by atomic mass is 16.5. The van der Waals surface area contributed by atoms with Gasteiger partial charge in [-0.1, -0.05) is 19.1 Å². The molecule has 6 heteroatoms. The molecule has 4 rings (SSSR count). The number of hydrogen-bond acceptors (Lipinski definition) is 4. The van der Waals surface area contributed by atoms with Gasteiger partial charge in [0.05, 0.1) is 17.4 Å². The number of nitrogens with zero attached hydrogens (tertiary/aromatic N) is 1. The van der Waals surface area contributed by atoms with Crippen LogP contribution in [0, 0.1) is 5.92 Å². The van der Waals surface area contributed by atoms with Crippen molar-refractivity contribution in [3.63, 3.8) is 0 Å². The van der Waals surface area contributed by atoms with Gasteiger partial charge in [0.2, 0.25) is 0 Å². The molecule has 31 heavy (non-hydrogen) atoms. The van der Waals surface area contributed by atoms with Crippen LogP contribution in [0.25, 0.3) is 0 Å². The van der Waals surface area contributed by atoms with Crippen LogP contribution in [-0.2, 0) is 4.74 Å². The van der Waals surface area contributed by atoms with E-state index in [9.17, 15) is 9.59 Å². The second kappa shape index (κ2) is 9.96. The lowest BCUT2D eigenvalue weighted by Gasteiger charge is -2.30. The fourth-order valence-corrected chi connectivity index (χ4v) is 4.02. The summed E-state index contributed by atoms with van der Waals surface area (Å²) in [5, 5.41) is 2.90. The lowest BCUT2D eigenvalue weighted by Crippen LogP contribution is -2.38. The maximum atomic E-state index is 13.0. The molecule has 0 saturated carbocycles. The standard InChI is InChI=1S/C25H30N2O4/c1-18-12-14-27(15-13-18)25(29)22-6-2-3-7-23(22)26-24(28)19-8-10-20(11-9-19)31-17-21-5-4-16-30-21/h2-3,6-11,18,21H,4-5,12-17H2,1H3,(H,26,28). The molecular formula is C25H30N2O4. The Labute approximate surface area is 183 Å². The van der Waals surface area contributed by atoms with Crippen molar-refractivity contribution in [1.82, 2.24) is 4.90 Å². The highest BCUT2D eigenvalue weighted by Crippen LogP contribution is 2.23. The average Bonchev–Trinajstić information content (AvgIpc) is 3.32. The van der Waals surface area contributed by atoms with E-state index in [1.807, 2.05) is 17.0 Å². The molecule has 6 nitrogen and oxygen atoms in total. The van der Waals surface area contributed by atoms with E-state index < -0.39 is 0 Å². The minimum absolute atomic E-state index is 0.0271. The lowest BCUT2D eigenvalue weighted by molar-refractivity contribution is 0.0679. The Balaban J connectivity index is 1.38. The van der Waals surface area contributed by atoms with Gasteiger partial charge in [0.15, 0.2) is 0 Å². The summed E-state index contributed by atoms with van der Waals surface area (Å²) in [6, 6.07) is 14.2. The van der Waals surface area contributed by atoms with Crippen molar-refractivity contribution in [1.29, 1.82) is 0 Å². The van der Waals surface area contributed by atoms with Crippen LogP contribution < -0.4 is 10.1 Å². The maximum Gasteiger partial charge on any atom is 0.255 e. The number of likely N-dealkylation sites (tertiary alicyclic amines) is 1. The van der Waals surface area contributed by atoms with Crippen molar-refractivity contribution in [2.45, 2.75) is 38.7 Å². The average molecular weight is 423 g/mol. The van der Waals surface area contributed by atoms with Crippen LogP contribution in [0.2, 0.25) is 0 Å². The van der Waals surface area contributed by atoms with E-state index in [0.717, 1.165) is 45.4 Å². The minimum atomic E-state index is -0.252. The Hall–Kier alpha value is -2.86. The first-order chi connectivity index (χ1) is 15.1. The molecular weight excluding hydrogens is 392 g/mol. The largest absolute Gasteiger partial charge is 0.491 e. The predicted octanol–water partition coefficient (Wildman–Crippen LogP) is 4.37. The summed E-state index contributed by atoms with van der Waals surface area (Å²) in [5.74, 6) is 1.08. The van der Waals surface area contributed by atoms with Crippen molar-refractivity contribution in [3.05, 3.63) is 59.7 Å². The molecule has 2 amide bonds. The second-order valence-electron chi connectivity index (χ2n) is 8.44. The number of ether oxygens (including phenoxy) is 2. The van der Waals surface area contributed by atoms with E-state index in [0.29, 0.717) is 35.1 Å². The zero-order chi connectivity index (χ0) is 21.6. The topological polar surface area (TPSA) is 67.9 Å². The molecule has 0 spiro atoms. The number of anilines is 1. The van der Waals surface area contributed by atoms with Crippen LogP contribution in [-0.4, -0.2) is 49.1 Å². The quantitative estimate of drug-likeness (QED) is 0.751. The van der Waals surface area contributed by atoms with E-state index in [4.69, 9.17) is 9.47 Å². The number of nitrogens with one attached hydrogen (secondary N) is 1. The smallest absolute Gasteiger partial charge is 0.255 e. The molecule has 2 fully saturated rings. The van der Waals surface area contributed by atoms with Crippen molar-refractivity contribution < 1.29 is 19.1 Å². The molecule has 2 heterocycles. The van der Waals surface area contributed by atoms with Crippen molar-refractivity contribution >= 4 is 17.5 Å². The first kappa shape index (κ1) is 21.4. The van der Waals surface area contributed by atoms with Gasteiger partial charge in [-0.2, -0.15) is 0 Å². The number of carbonyl (C=O) groups excluding carboxylic acids is 2. The van der Waals surface area contributed by atoms with E-state index in [1.165, 1.54) is 0 Å². The third-order valence-corrected chi connectivity index (χ3v) is 6.05. The fraction of sp³-hybridized carbons (Fsp3) is 0.440. The molecule has 2 aliphatic rings. The Morgan fingerprint density at radius 3 is 2.52 bits per heavy atom. The highest BCUT2D eigenvalue weighted by Gasteiger charge is 2.24. The second-order valence-corrected chi connectivity index (χ2v) is 8.44. The van der Waals surface area contributed by atoms with Gasteiger partial charge < -0.3 is 19.7 Å². The first-order valence-corrected chi connectivity index (χ1v) is 11.1. The van der Waals surface area contributed by atoms with Crippen LogP contribution in [0.3, 0.4) is 0 Å². The van der Waals surface area contributed by atoms with Crippen LogP contribution >= 0.6 is 0 Å². The SMILES string of the molecule is CC1CCN(C(=O)c2ccccc2NC(=O)c2ccc(OCC3CCCO3)cc2)CC1. The third-order valence-electron chi connectivity index (χ3n) is 6.05. The minimum Gasteiger partial charge on any atom is -0.491 e. The van der Waals surface area contributed by atoms with Gasteiger partial charge in [-0.25, -0.2) is 0 Å². The molecule has 2 saturated heterocycles. The van der Waals surface area contributed by atoms with Crippen molar-refractivity contribution in [2.75, 3.05) is 31.6 Å². The highest BCUT2D eigenvalue weighted by molar-refractivity contribution is 6.09. The van der Waals surface area contributed by atoms with Crippen LogP contribution in [0.5, 0.6) is 5.75 Å². The number of amides is 2. The van der Waals surface area contributed by atoms with Crippen molar-refractivity contribution in [2.24, 2.45) is 5.92 Å². The maximum absolute atomic E-state index is 13.0. The van der Waals surface area contributed by atoms with Gasteiger partial charge >= 0.3 is 0 Å². The van der Waals surface area contributed by atoms with Gasteiger partial charge in [-0.3, -0.25) is 9.59 Å². The monoisotopic (exact) mass is 422 g/mol. The summed E-state index contributed by atoms with van der Waals surface area (Å²) < 4.78 is 11.3. The number of benzene rings is 2. The number of piperidine rings is 1. The number of carbonyl (C=O) groups is 2. The van der Waals surface area contributed by atoms with Crippen LogP contribution in [0.1, 0.15) is 53.3 Å². The molecule has 1 atom stereocenters. The van der Waals surface area contributed by atoms with Gasteiger partial charge in [0, 0.05) is 25.3 Å². The molecule has 2 aromatic carbocycles. The van der Waals surface area contributed by atoms with Gasteiger partial charge in [-0.15, -0.1) is 0 Å². The zero-order valence-corrected chi connectivity index (χ0v) is 18.0. The Morgan fingerprint density at radius 2 is 1.81 bits per heavy atom. The number of hydrogen-bond donors (Lipinski definition) is 1.